The molecule has 2 unspecified atom stereocenters. The Balaban J connectivity index is 1.63. The fraction of sp³-hybridized carbons (Fsp3) is 0.714. The highest BCUT2D eigenvalue weighted by Crippen LogP contribution is 2.37. The van der Waals surface area contributed by atoms with E-state index in [4.69, 9.17) is 0 Å². The molecule has 0 spiro atoms. The van der Waals surface area contributed by atoms with Crippen molar-refractivity contribution in [3.63, 3.8) is 0 Å². The van der Waals surface area contributed by atoms with Gasteiger partial charge in [0.2, 0.25) is 0 Å². The molecule has 4 nitrogen and oxygen atoms in total. The highest BCUT2D eigenvalue weighted by atomic mass is 16.1. The van der Waals surface area contributed by atoms with Crippen molar-refractivity contribution in [3.05, 3.63) is 22.2 Å². The van der Waals surface area contributed by atoms with Gasteiger partial charge in [0, 0.05) is 18.5 Å². The molecule has 0 saturated heterocycles. The van der Waals surface area contributed by atoms with Gasteiger partial charge < -0.3 is 10.3 Å². The number of hydrogen-bond acceptors (Lipinski definition) is 3. The third kappa shape index (κ3) is 2.74. The molecule has 98 valence electrons. The van der Waals surface area contributed by atoms with Crippen molar-refractivity contribution in [2.45, 2.75) is 44.9 Å². The Morgan fingerprint density at radius 2 is 2.22 bits per heavy atom. The summed E-state index contributed by atoms with van der Waals surface area (Å²) in [5, 5.41) is 3.34. The molecule has 0 aliphatic heterocycles. The average Bonchev–Trinajstić information content (AvgIpc) is 3.10. The van der Waals surface area contributed by atoms with Gasteiger partial charge in [-0.25, -0.2) is 4.98 Å². The summed E-state index contributed by atoms with van der Waals surface area (Å²) in [5.41, 5.74) is -0.0332. The van der Waals surface area contributed by atoms with Gasteiger partial charge >= 0.3 is 0 Å². The van der Waals surface area contributed by atoms with E-state index < -0.39 is 0 Å². The van der Waals surface area contributed by atoms with Crippen molar-refractivity contribution in [2.75, 3.05) is 11.9 Å². The number of aromatic nitrogens is 2. The van der Waals surface area contributed by atoms with Crippen molar-refractivity contribution in [1.82, 2.24) is 9.97 Å². The molecule has 0 bridgehead atoms. The summed E-state index contributed by atoms with van der Waals surface area (Å²) in [6.45, 7) is 3.27. The first-order valence-corrected chi connectivity index (χ1v) is 7.06. The van der Waals surface area contributed by atoms with E-state index in [1.54, 1.807) is 6.07 Å². The van der Waals surface area contributed by atoms with Crippen LogP contribution in [0.1, 0.15) is 50.8 Å². The van der Waals surface area contributed by atoms with Crippen LogP contribution in [0, 0.1) is 11.8 Å². The summed E-state index contributed by atoms with van der Waals surface area (Å²) in [6, 6.07) is 1.57. The molecule has 2 atom stereocenters. The van der Waals surface area contributed by atoms with Gasteiger partial charge in [-0.3, -0.25) is 4.79 Å². The lowest BCUT2D eigenvalue weighted by molar-refractivity contribution is 0.536. The zero-order chi connectivity index (χ0) is 12.5. The molecule has 0 radical (unpaired) electrons. The van der Waals surface area contributed by atoms with E-state index in [2.05, 4.69) is 22.2 Å². The van der Waals surface area contributed by atoms with Gasteiger partial charge in [0.25, 0.3) is 5.56 Å². The second-order valence-corrected chi connectivity index (χ2v) is 5.96. The highest BCUT2D eigenvalue weighted by molar-refractivity contribution is 5.34. The molecule has 0 aromatic carbocycles. The van der Waals surface area contributed by atoms with Crippen LogP contribution in [0.2, 0.25) is 0 Å². The molecule has 0 amide bonds. The number of hydrogen-bond donors (Lipinski definition) is 2. The van der Waals surface area contributed by atoms with Gasteiger partial charge in [0.05, 0.1) is 0 Å². The van der Waals surface area contributed by atoms with Crippen LogP contribution in [0.15, 0.2) is 10.9 Å². The van der Waals surface area contributed by atoms with Crippen molar-refractivity contribution in [2.24, 2.45) is 11.8 Å². The summed E-state index contributed by atoms with van der Waals surface area (Å²) in [7, 11) is 0. The maximum absolute atomic E-state index is 11.6. The third-order valence-electron chi connectivity index (χ3n) is 4.10. The molecule has 2 aliphatic carbocycles. The van der Waals surface area contributed by atoms with Crippen LogP contribution in [-0.2, 0) is 0 Å². The number of rotatable bonds is 4. The van der Waals surface area contributed by atoms with Gasteiger partial charge in [-0.2, -0.15) is 0 Å². The van der Waals surface area contributed by atoms with Crippen LogP contribution < -0.4 is 10.9 Å². The SMILES string of the molecule is CC1CCC(CNc2cc(=O)[nH]c(C3CC3)n2)C1. The molecule has 2 N–H and O–H groups in total. The van der Waals surface area contributed by atoms with E-state index >= 15 is 0 Å². The Hall–Kier alpha value is -1.32. The standard InChI is InChI=1S/C14H21N3O/c1-9-2-3-10(6-9)8-15-12-7-13(18)17-14(16-12)11-4-5-11/h7,9-11H,2-6,8H2,1H3,(H2,15,16,17,18). The Morgan fingerprint density at radius 3 is 2.89 bits per heavy atom. The van der Waals surface area contributed by atoms with Crippen LogP contribution >= 0.6 is 0 Å². The van der Waals surface area contributed by atoms with Crippen LogP contribution in [0.5, 0.6) is 0 Å². The molecular formula is C14H21N3O. The van der Waals surface area contributed by atoms with E-state index in [-0.39, 0.29) is 5.56 Å². The monoisotopic (exact) mass is 247 g/mol. The quantitative estimate of drug-likeness (QED) is 0.859. The molecule has 1 aromatic rings. The van der Waals surface area contributed by atoms with Crippen LogP contribution in [0.25, 0.3) is 0 Å². The topological polar surface area (TPSA) is 57.8 Å². The summed E-state index contributed by atoms with van der Waals surface area (Å²) in [6.07, 6.45) is 6.25. The Bertz CT molecular complexity index is 478. The van der Waals surface area contributed by atoms with Crippen LogP contribution in [-0.4, -0.2) is 16.5 Å². The first kappa shape index (κ1) is 11.8. The fourth-order valence-electron chi connectivity index (χ4n) is 2.88. The number of nitrogens with one attached hydrogen (secondary N) is 2. The third-order valence-corrected chi connectivity index (χ3v) is 4.10. The molecule has 2 aliphatic rings. The molecule has 2 saturated carbocycles. The number of anilines is 1. The minimum absolute atomic E-state index is 0.0332. The Morgan fingerprint density at radius 1 is 1.39 bits per heavy atom. The predicted octanol–water partition coefficient (Wildman–Crippen LogP) is 2.50. The second-order valence-electron chi connectivity index (χ2n) is 5.96. The molecule has 2 fully saturated rings. The van der Waals surface area contributed by atoms with Crippen molar-refractivity contribution >= 4 is 5.82 Å². The predicted molar refractivity (Wildman–Crippen MR) is 71.8 cm³/mol. The normalized spacial score (nSPS) is 27.4. The van der Waals surface area contributed by atoms with Crippen molar-refractivity contribution < 1.29 is 0 Å². The fourth-order valence-corrected chi connectivity index (χ4v) is 2.88. The minimum atomic E-state index is -0.0332. The molecule has 4 heteroatoms. The van der Waals surface area contributed by atoms with Gasteiger partial charge in [0.1, 0.15) is 11.6 Å². The second kappa shape index (κ2) is 4.75. The minimum Gasteiger partial charge on any atom is -0.370 e. The smallest absolute Gasteiger partial charge is 0.252 e. The maximum atomic E-state index is 11.6. The lowest BCUT2D eigenvalue weighted by Crippen LogP contribution is -2.17. The first-order chi connectivity index (χ1) is 8.70. The van der Waals surface area contributed by atoms with E-state index in [0.29, 0.717) is 5.92 Å². The number of aromatic amines is 1. The maximum Gasteiger partial charge on any atom is 0.252 e. The van der Waals surface area contributed by atoms with Crippen LogP contribution in [0.3, 0.4) is 0 Å². The lowest BCUT2D eigenvalue weighted by Gasteiger charge is -2.12. The first-order valence-electron chi connectivity index (χ1n) is 7.06. The highest BCUT2D eigenvalue weighted by Gasteiger charge is 2.26. The largest absolute Gasteiger partial charge is 0.370 e. The van der Waals surface area contributed by atoms with E-state index in [9.17, 15) is 4.79 Å². The Kier molecular flexibility index (Phi) is 3.10. The Labute approximate surface area is 107 Å². The van der Waals surface area contributed by atoms with Gasteiger partial charge in [-0.15, -0.1) is 0 Å². The zero-order valence-corrected chi connectivity index (χ0v) is 10.9. The van der Waals surface area contributed by atoms with Gasteiger partial charge in [-0.05, 0) is 37.5 Å². The van der Waals surface area contributed by atoms with Crippen LogP contribution in [0.4, 0.5) is 5.82 Å². The molecule has 1 aromatic heterocycles. The van der Waals surface area contributed by atoms with E-state index in [0.717, 1.165) is 42.9 Å². The van der Waals surface area contributed by atoms with Crippen molar-refractivity contribution in [1.29, 1.82) is 0 Å². The van der Waals surface area contributed by atoms with Gasteiger partial charge in [0.15, 0.2) is 0 Å². The molecule has 1 heterocycles. The van der Waals surface area contributed by atoms with Crippen molar-refractivity contribution in [3.8, 4) is 0 Å². The van der Waals surface area contributed by atoms with E-state index in [1.807, 2.05) is 0 Å². The zero-order valence-electron chi connectivity index (χ0n) is 10.9. The molecule has 18 heavy (non-hydrogen) atoms. The van der Waals surface area contributed by atoms with Gasteiger partial charge in [-0.1, -0.05) is 13.3 Å². The summed E-state index contributed by atoms with van der Waals surface area (Å²) >= 11 is 0. The summed E-state index contributed by atoms with van der Waals surface area (Å²) in [5.74, 6) is 3.70. The average molecular weight is 247 g/mol. The molecule has 3 rings (SSSR count). The van der Waals surface area contributed by atoms with E-state index in [1.165, 1.54) is 19.3 Å². The summed E-state index contributed by atoms with van der Waals surface area (Å²) < 4.78 is 0. The molecular weight excluding hydrogens is 226 g/mol. The number of nitrogens with zero attached hydrogens (tertiary/aromatic N) is 1. The lowest BCUT2D eigenvalue weighted by atomic mass is 10.1. The number of H-pyrrole nitrogens is 1. The summed E-state index contributed by atoms with van der Waals surface area (Å²) in [4.78, 5) is 18.9.